The molecule has 2 rings (SSSR count). The molecule has 0 bridgehead atoms. The van der Waals surface area contributed by atoms with Gasteiger partial charge in [-0.3, -0.25) is 4.79 Å². The standard InChI is InChI=1S/C15H19N3O2S/c1-2-16-15-18-12(10-21-15)14(20)17-9-8-13(19)11-6-4-3-5-7-11/h3-7,10,13,19H,2,8-9H2,1H3,(H,16,18)(H,17,20)/t13-/m0/s1. The van der Waals surface area contributed by atoms with Crippen LogP contribution in [0.5, 0.6) is 0 Å². The third-order valence-corrected chi connectivity index (χ3v) is 3.75. The monoisotopic (exact) mass is 305 g/mol. The highest BCUT2D eigenvalue weighted by Gasteiger charge is 2.11. The lowest BCUT2D eigenvalue weighted by atomic mass is 10.1. The number of hydrogen-bond donors (Lipinski definition) is 3. The first-order valence-corrected chi connectivity index (χ1v) is 7.79. The van der Waals surface area contributed by atoms with Crippen molar-refractivity contribution in [2.24, 2.45) is 0 Å². The summed E-state index contributed by atoms with van der Waals surface area (Å²) in [5.41, 5.74) is 1.26. The molecule has 6 heteroatoms. The molecular weight excluding hydrogens is 286 g/mol. The molecule has 1 amide bonds. The second-order valence-electron chi connectivity index (χ2n) is 4.54. The first-order valence-electron chi connectivity index (χ1n) is 6.91. The molecule has 0 aliphatic carbocycles. The van der Waals surface area contributed by atoms with Crippen molar-refractivity contribution in [2.75, 3.05) is 18.4 Å². The van der Waals surface area contributed by atoms with E-state index < -0.39 is 6.10 Å². The zero-order chi connectivity index (χ0) is 15.1. The Morgan fingerprint density at radius 3 is 2.86 bits per heavy atom. The maximum absolute atomic E-state index is 11.9. The van der Waals surface area contributed by atoms with E-state index in [-0.39, 0.29) is 5.91 Å². The third kappa shape index (κ3) is 4.54. The van der Waals surface area contributed by atoms with Gasteiger partial charge in [0.15, 0.2) is 5.13 Å². The quantitative estimate of drug-likeness (QED) is 0.734. The van der Waals surface area contributed by atoms with Gasteiger partial charge in [-0.05, 0) is 18.9 Å². The fourth-order valence-corrected chi connectivity index (χ4v) is 2.63. The Labute approximate surface area is 128 Å². The van der Waals surface area contributed by atoms with Crippen LogP contribution in [0.4, 0.5) is 5.13 Å². The van der Waals surface area contributed by atoms with Crippen LogP contribution in [0.1, 0.15) is 35.5 Å². The molecule has 112 valence electrons. The van der Waals surface area contributed by atoms with Gasteiger partial charge in [0.1, 0.15) is 5.69 Å². The molecule has 21 heavy (non-hydrogen) atoms. The van der Waals surface area contributed by atoms with Crippen LogP contribution in [0.3, 0.4) is 0 Å². The minimum Gasteiger partial charge on any atom is -0.388 e. The maximum atomic E-state index is 11.9. The summed E-state index contributed by atoms with van der Waals surface area (Å²) in [5.74, 6) is -0.212. The van der Waals surface area contributed by atoms with Crippen molar-refractivity contribution >= 4 is 22.4 Å². The summed E-state index contributed by atoms with van der Waals surface area (Å²) in [6, 6.07) is 9.41. The van der Waals surface area contributed by atoms with Crippen molar-refractivity contribution in [3.05, 3.63) is 47.0 Å². The molecule has 0 radical (unpaired) electrons. The number of aliphatic hydroxyl groups excluding tert-OH is 1. The van der Waals surface area contributed by atoms with E-state index in [4.69, 9.17) is 0 Å². The molecule has 0 aliphatic heterocycles. The van der Waals surface area contributed by atoms with Crippen LogP contribution >= 0.6 is 11.3 Å². The van der Waals surface area contributed by atoms with E-state index in [0.29, 0.717) is 18.7 Å². The second kappa shape index (κ2) is 7.75. The van der Waals surface area contributed by atoms with Gasteiger partial charge in [0.2, 0.25) is 0 Å². The number of carbonyl (C=O) groups excluding carboxylic acids is 1. The average molecular weight is 305 g/mol. The Bertz CT molecular complexity index is 571. The molecule has 1 atom stereocenters. The average Bonchev–Trinajstić information content (AvgIpc) is 2.97. The van der Waals surface area contributed by atoms with Gasteiger partial charge in [0.05, 0.1) is 6.10 Å². The summed E-state index contributed by atoms with van der Waals surface area (Å²) in [7, 11) is 0. The predicted octanol–water partition coefficient (Wildman–Crippen LogP) is 2.43. The summed E-state index contributed by atoms with van der Waals surface area (Å²) in [4.78, 5) is 16.1. The highest BCUT2D eigenvalue weighted by Crippen LogP contribution is 2.16. The maximum Gasteiger partial charge on any atom is 0.270 e. The Balaban J connectivity index is 1.78. The molecule has 0 unspecified atom stereocenters. The van der Waals surface area contributed by atoms with E-state index in [0.717, 1.165) is 17.2 Å². The van der Waals surface area contributed by atoms with E-state index in [1.165, 1.54) is 11.3 Å². The number of benzene rings is 1. The minimum absolute atomic E-state index is 0.212. The number of anilines is 1. The van der Waals surface area contributed by atoms with Crippen molar-refractivity contribution in [1.82, 2.24) is 10.3 Å². The van der Waals surface area contributed by atoms with Gasteiger partial charge in [-0.1, -0.05) is 30.3 Å². The molecule has 0 fully saturated rings. The highest BCUT2D eigenvalue weighted by atomic mass is 32.1. The molecule has 1 heterocycles. The number of nitrogens with zero attached hydrogens (tertiary/aromatic N) is 1. The summed E-state index contributed by atoms with van der Waals surface area (Å²) >= 11 is 1.41. The van der Waals surface area contributed by atoms with E-state index >= 15 is 0 Å². The second-order valence-corrected chi connectivity index (χ2v) is 5.40. The molecule has 3 N–H and O–H groups in total. The SMILES string of the molecule is CCNc1nc(C(=O)NCC[C@H](O)c2ccccc2)cs1. The Morgan fingerprint density at radius 2 is 2.14 bits per heavy atom. The number of carbonyl (C=O) groups is 1. The largest absolute Gasteiger partial charge is 0.388 e. The lowest BCUT2D eigenvalue weighted by Crippen LogP contribution is -2.26. The van der Waals surface area contributed by atoms with Crippen molar-refractivity contribution in [1.29, 1.82) is 0 Å². The van der Waals surface area contributed by atoms with Crippen molar-refractivity contribution in [3.63, 3.8) is 0 Å². The van der Waals surface area contributed by atoms with Gasteiger partial charge in [0, 0.05) is 18.5 Å². The Morgan fingerprint density at radius 1 is 1.38 bits per heavy atom. The summed E-state index contributed by atoms with van der Waals surface area (Å²) in [6.45, 7) is 3.16. The fraction of sp³-hybridized carbons (Fsp3) is 0.333. The molecule has 2 aromatic rings. The Kier molecular flexibility index (Phi) is 5.71. The molecule has 0 spiro atoms. The van der Waals surface area contributed by atoms with Crippen molar-refractivity contribution in [3.8, 4) is 0 Å². The number of aliphatic hydroxyl groups is 1. The fourth-order valence-electron chi connectivity index (χ4n) is 1.87. The summed E-state index contributed by atoms with van der Waals surface area (Å²) < 4.78 is 0. The smallest absolute Gasteiger partial charge is 0.270 e. The van der Waals surface area contributed by atoms with Gasteiger partial charge < -0.3 is 15.7 Å². The lowest BCUT2D eigenvalue weighted by molar-refractivity contribution is 0.0938. The number of hydrogen-bond acceptors (Lipinski definition) is 5. The summed E-state index contributed by atoms with van der Waals surface area (Å²) in [5, 5.41) is 18.3. The molecule has 1 aromatic heterocycles. The lowest BCUT2D eigenvalue weighted by Gasteiger charge is -2.11. The van der Waals surface area contributed by atoms with Crippen LogP contribution in [0.25, 0.3) is 0 Å². The van der Waals surface area contributed by atoms with Gasteiger partial charge in [-0.25, -0.2) is 4.98 Å². The van der Waals surface area contributed by atoms with E-state index in [9.17, 15) is 9.90 Å². The summed E-state index contributed by atoms with van der Waals surface area (Å²) in [6.07, 6.45) is -0.0980. The first kappa shape index (κ1) is 15.5. The number of rotatable bonds is 7. The van der Waals surface area contributed by atoms with Gasteiger partial charge in [-0.15, -0.1) is 11.3 Å². The zero-order valence-corrected chi connectivity index (χ0v) is 12.7. The Hall–Kier alpha value is -1.92. The molecule has 0 aliphatic rings. The van der Waals surface area contributed by atoms with Crippen molar-refractivity contribution in [2.45, 2.75) is 19.4 Å². The van der Waals surface area contributed by atoms with Crippen LogP contribution in [-0.4, -0.2) is 29.1 Å². The molecule has 0 saturated carbocycles. The van der Waals surface area contributed by atoms with E-state index in [1.54, 1.807) is 5.38 Å². The van der Waals surface area contributed by atoms with Gasteiger partial charge in [0.25, 0.3) is 5.91 Å². The van der Waals surface area contributed by atoms with Crippen LogP contribution in [0, 0.1) is 0 Å². The van der Waals surface area contributed by atoms with Gasteiger partial charge in [-0.2, -0.15) is 0 Å². The van der Waals surface area contributed by atoms with Crippen LogP contribution in [0.15, 0.2) is 35.7 Å². The molecule has 1 aromatic carbocycles. The van der Waals surface area contributed by atoms with E-state index in [2.05, 4.69) is 15.6 Å². The third-order valence-electron chi connectivity index (χ3n) is 2.95. The van der Waals surface area contributed by atoms with Crippen molar-refractivity contribution < 1.29 is 9.90 Å². The first-order chi connectivity index (χ1) is 10.2. The number of amides is 1. The number of thiazole rings is 1. The van der Waals surface area contributed by atoms with Crippen LogP contribution < -0.4 is 10.6 Å². The molecule has 5 nitrogen and oxygen atoms in total. The molecule has 0 saturated heterocycles. The minimum atomic E-state index is -0.570. The topological polar surface area (TPSA) is 74.2 Å². The van der Waals surface area contributed by atoms with E-state index in [1.807, 2.05) is 37.3 Å². The normalized spacial score (nSPS) is 11.9. The number of nitrogens with one attached hydrogen (secondary N) is 2. The highest BCUT2D eigenvalue weighted by molar-refractivity contribution is 7.13. The predicted molar refractivity (Wildman–Crippen MR) is 84.6 cm³/mol. The zero-order valence-electron chi connectivity index (χ0n) is 11.9. The number of aromatic nitrogens is 1. The van der Waals surface area contributed by atoms with Gasteiger partial charge >= 0.3 is 0 Å². The van der Waals surface area contributed by atoms with Crippen LogP contribution in [-0.2, 0) is 0 Å². The van der Waals surface area contributed by atoms with Crippen LogP contribution in [0.2, 0.25) is 0 Å². The molecular formula is C15H19N3O2S.